The summed E-state index contributed by atoms with van der Waals surface area (Å²) in [6.07, 6.45) is 1.46. The number of nitrogens with zero attached hydrogens (tertiary/aromatic N) is 5. The molecule has 2 heterocycles. The van der Waals surface area contributed by atoms with Crippen molar-refractivity contribution in [2.24, 2.45) is 14.1 Å². The number of aromatic nitrogens is 4. The van der Waals surface area contributed by atoms with Gasteiger partial charge in [-0.25, -0.2) is 14.3 Å². The Hall–Kier alpha value is -2.87. The molecule has 0 aliphatic carbocycles. The number of imidazole rings is 1. The van der Waals surface area contributed by atoms with E-state index in [-0.39, 0.29) is 30.2 Å². The fraction of sp³-hybridized carbons (Fsp3) is 0.294. The standard InChI is InChI=1S/C17H18ClN5O3/c1-20(8-11-6-4-5-7-12(11)18)13(24)9-23-16(25)14-15(19-10-21(14)2)22(3)17(23)26/h4-7,10H,8-9H2,1-3H3. The summed E-state index contributed by atoms with van der Waals surface area (Å²) in [5.41, 5.74) is 0.222. The van der Waals surface area contributed by atoms with E-state index in [1.165, 1.54) is 27.4 Å². The summed E-state index contributed by atoms with van der Waals surface area (Å²) in [4.78, 5) is 43.2. The highest BCUT2D eigenvalue weighted by molar-refractivity contribution is 6.31. The van der Waals surface area contributed by atoms with Gasteiger partial charge in [0.25, 0.3) is 5.56 Å². The van der Waals surface area contributed by atoms with E-state index in [0.29, 0.717) is 5.02 Å². The minimum absolute atomic E-state index is 0.272. The fourth-order valence-corrected chi connectivity index (χ4v) is 2.96. The Morgan fingerprint density at radius 3 is 2.62 bits per heavy atom. The second kappa shape index (κ2) is 6.80. The summed E-state index contributed by atoms with van der Waals surface area (Å²) in [5, 5.41) is 0.552. The molecule has 0 unspecified atom stereocenters. The van der Waals surface area contributed by atoms with E-state index in [0.717, 1.165) is 10.1 Å². The number of benzene rings is 1. The van der Waals surface area contributed by atoms with Crippen molar-refractivity contribution in [3.8, 4) is 0 Å². The Morgan fingerprint density at radius 2 is 1.92 bits per heavy atom. The van der Waals surface area contributed by atoms with Crippen LogP contribution in [0.1, 0.15) is 5.56 Å². The Bertz CT molecular complexity index is 1110. The molecule has 3 rings (SSSR count). The molecule has 0 bridgehead atoms. The van der Waals surface area contributed by atoms with Gasteiger partial charge in [0.05, 0.1) is 6.33 Å². The molecular formula is C17H18ClN5O3. The van der Waals surface area contributed by atoms with Gasteiger partial charge in [-0.15, -0.1) is 0 Å². The molecule has 0 spiro atoms. The van der Waals surface area contributed by atoms with Gasteiger partial charge in [-0.1, -0.05) is 29.8 Å². The molecule has 1 amide bonds. The lowest BCUT2D eigenvalue weighted by Crippen LogP contribution is -2.43. The van der Waals surface area contributed by atoms with Crippen molar-refractivity contribution >= 4 is 28.7 Å². The second-order valence-electron chi connectivity index (χ2n) is 6.10. The van der Waals surface area contributed by atoms with Gasteiger partial charge in [0, 0.05) is 32.7 Å². The third-order valence-corrected chi connectivity index (χ3v) is 4.65. The van der Waals surface area contributed by atoms with E-state index in [1.807, 2.05) is 12.1 Å². The van der Waals surface area contributed by atoms with Gasteiger partial charge >= 0.3 is 5.69 Å². The first-order valence-electron chi connectivity index (χ1n) is 7.89. The summed E-state index contributed by atoms with van der Waals surface area (Å²) >= 11 is 6.12. The van der Waals surface area contributed by atoms with Crippen LogP contribution in [-0.4, -0.2) is 36.5 Å². The van der Waals surface area contributed by atoms with Gasteiger partial charge in [-0.2, -0.15) is 0 Å². The van der Waals surface area contributed by atoms with Crippen LogP contribution in [0.15, 0.2) is 40.2 Å². The monoisotopic (exact) mass is 375 g/mol. The maximum atomic E-state index is 12.7. The van der Waals surface area contributed by atoms with Crippen molar-refractivity contribution in [1.82, 2.24) is 23.6 Å². The maximum Gasteiger partial charge on any atom is 0.332 e. The van der Waals surface area contributed by atoms with Crippen LogP contribution >= 0.6 is 11.6 Å². The number of carbonyl (C=O) groups is 1. The number of aryl methyl sites for hydroxylation is 2. The Labute approximate surface area is 153 Å². The summed E-state index contributed by atoms with van der Waals surface area (Å²) < 4.78 is 3.72. The van der Waals surface area contributed by atoms with E-state index >= 15 is 0 Å². The van der Waals surface area contributed by atoms with Crippen molar-refractivity contribution in [1.29, 1.82) is 0 Å². The molecule has 26 heavy (non-hydrogen) atoms. The summed E-state index contributed by atoms with van der Waals surface area (Å²) in [7, 11) is 4.78. The number of carbonyl (C=O) groups excluding carboxylic acids is 1. The highest BCUT2D eigenvalue weighted by atomic mass is 35.5. The number of rotatable bonds is 4. The minimum Gasteiger partial charge on any atom is -0.340 e. The molecule has 9 heteroatoms. The Balaban J connectivity index is 1.92. The molecule has 0 N–H and O–H groups in total. The number of amides is 1. The summed E-state index contributed by atoms with van der Waals surface area (Å²) in [5.74, 6) is -0.370. The number of fused-ring (bicyclic) bond motifs is 1. The molecule has 0 saturated heterocycles. The van der Waals surface area contributed by atoms with Gasteiger partial charge < -0.3 is 9.47 Å². The van der Waals surface area contributed by atoms with E-state index in [1.54, 1.807) is 26.2 Å². The lowest BCUT2D eigenvalue weighted by Gasteiger charge is -2.18. The average Bonchev–Trinajstić information content (AvgIpc) is 3.00. The van der Waals surface area contributed by atoms with Gasteiger partial charge in [-0.3, -0.25) is 14.2 Å². The van der Waals surface area contributed by atoms with E-state index in [2.05, 4.69) is 4.98 Å². The van der Waals surface area contributed by atoms with Gasteiger partial charge in [-0.05, 0) is 11.6 Å². The van der Waals surface area contributed by atoms with Crippen LogP contribution < -0.4 is 11.2 Å². The van der Waals surface area contributed by atoms with Crippen molar-refractivity contribution in [2.75, 3.05) is 7.05 Å². The van der Waals surface area contributed by atoms with E-state index < -0.39 is 11.2 Å². The lowest BCUT2D eigenvalue weighted by molar-refractivity contribution is -0.131. The molecule has 136 valence electrons. The minimum atomic E-state index is -0.583. The zero-order valence-electron chi connectivity index (χ0n) is 14.6. The lowest BCUT2D eigenvalue weighted by atomic mass is 10.2. The quantitative estimate of drug-likeness (QED) is 0.673. The predicted octanol–water partition coefficient (Wildman–Crippen LogP) is 0.746. The molecule has 0 fully saturated rings. The smallest absolute Gasteiger partial charge is 0.332 e. The summed E-state index contributed by atoms with van der Waals surface area (Å²) in [6, 6.07) is 7.20. The van der Waals surface area contributed by atoms with Crippen molar-refractivity contribution in [3.05, 3.63) is 62.0 Å². The topological polar surface area (TPSA) is 82.1 Å². The molecule has 2 aromatic heterocycles. The van der Waals surface area contributed by atoms with E-state index in [4.69, 9.17) is 11.6 Å². The first-order valence-corrected chi connectivity index (χ1v) is 8.27. The van der Waals surface area contributed by atoms with Crippen molar-refractivity contribution in [3.63, 3.8) is 0 Å². The highest BCUT2D eigenvalue weighted by Gasteiger charge is 2.19. The van der Waals surface area contributed by atoms with Crippen LogP contribution in [0.4, 0.5) is 0 Å². The SMILES string of the molecule is CN(Cc1ccccc1Cl)C(=O)Cn1c(=O)c2c(ncn2C)n(C)c1=O. The number of hydrogen-bond acceptors (Lipinski definition) is 4. The van der Waals surface area contributed by atoms with Gasteiger partial charge in [0.2, 0.25) is 5.91 Å². The first-order chi connectivity index (χ1) is 12.3. The molecule has 3 aromatic rings. The average molecular weight is 376 g/mol. The third-order valence-electron chi connectivity index (χ3n) is 4.29. The largest absolute Gasteiger partial charge is 0.340 e. The maximum absolute atomic E-state index is 12.7. The zero-order chi connectivity index (χ0) is 19.0. The molecule has 0 saturated carbocycles. The molecular weight excluding hydrogens is 358 g/mol. The Kier molecular flexibility index (Phi) is 4.69. The first kappa shape index (κ1) is 17.9. The summed E-state index contributed by atoms with van der Waals surface area (Å²) in [6.45, 7) is -0.0743. The van der Waals surface area contributed by atoms with Crippen LogP contribution in [-0.2, 0) is 32.0 Å². The number of hydrogen-bond donors (Lipinski definition) is 0. The molecule has 8 nitrogen and oxygen atoms in total. The third kappa shape index (κ3) is 3.03. The molecule has 0 aliphatic heterocycles. The van der Waals surface area contributed by atoms with Crippen molar-refractivity contribution < 1.29 is 4.79 Å². The molecule has 0 radical (unpaired) electrons. The predicted molar refractivity (Wildman–Crippen MR) is 98.1 cm³/mol. The van der Waals surface area contributed by atoms with E-state index in [9.17, 15) is 14.4 Å². The Morgan fingerprint density at radius 1 is 1.23 bits per heavy atom. The normalized spacial score (nSPS) is 11.1. The van der Waals surface area contributed by atoms with Crippen LogP contribution in [0.5, 0.6) is 0 Å². The highest BCUT2D eigenvalue weighted by Crippen LogP contribution is 2.16. The molecule has 0 aliphatic rings. The number of likely N-dealkylation sites (N-methyl/N-ethyl adjacent to an activating group) is 1. The van der Waals surface area contributed by atoms with Gasteiger partial charge in [0.15, 0.2) is 11.2 Å². The zero-order valence-corrected chi connectivity index (χ0v) is 15.4. The van der Waals surface area contributed by atoms with Crippen molar-refractivity contribution in [2.45, 2.75) is 13.1 Å². The van der Waals surface area contributed by atoms with Crippen LogP contribution in [0.2, 0.25) is 5.02 Å². The van der Waals surface area contributed by atoms with Crippen LogP contribution in [0, 0.1) is 0 Å². The van der Waals surface area contributed by atoms with Gasteiger partial charge in [0.1, 0.15) is 6.54 Å². The second-order valence-corrected chi connectivity index (χ2v) is 6.51. The van der Waals surface area contributed by atoms with Crippen LogP contribution in [0.3, 0.4) is 0 Å². The fourth-order valence-electron chi connectivity index (χ4n) is 2.76. The molecule has 0 atom stereocenters. The number of halogens is 1. The van der Waals surface area contributed by atoms with Crippen LogP contribution in [0.25, 0.3) is 11.2 Å². The molecule has 1 aromatic carbocycles.